The molecule has 1 fully saturated rings. The highest BCUT2D eigenvalue weighted by molar-refractivity contribution is 6.05. The first-order chi connectivity index (χ1) is 16.6. The summed E-state index contributed by atoms with van der Waals surface area (Å²) in [5.41, 5.74) is 5.62. The number of amides is 2. The van der Waals surface area contributed by atoms with Gasteiger partial charge in [0, 0.05) is 50.0 Å². The Morgan fingerprint density at radius 2 is 2.09 bits per heavy atom. The van der Waals surface area contributed by atoms with Crippen molar-refractivity contribution in [1.29, 1.82) is 0 Å². The Bertz CT molecular complexity index is 1440. The summed E-state index contributed by atoms with van der Waals surface area (Å²) >= 11 is 0. The van der Waals surface area contributed by atoms with E-state index < -0.39 is 0 Å². The first-order valence-electron chi connectivity index (χ1n) is 11.4. The largest absolute Gasteiger partial charge is 0.366 e. The van der Waals surface area contributed by atoms with E-state index in [1.54, 1.807) is 13.2 Å². The predicted molar refractivity (Wildman–Crippen MR) is 136 cm³/mol. The van der Waals surface area contributed by atoms with Gasteiger partial charge >= 0.3 is 6.03 Å². The normalized spacial score (nSPS) is 16.9. The van der Waals surface area contributed by atoms with Crippen LogP contribution in [-0.4, -0.2) is 53.2 Å². The number of aliphatic imine (C=N–C) groups is 1. The van der Waals surface area contributed by atoms with Crippen LogP contribution in [0.5, 0.6) is 0 Å². The third-order valence-corrected chi connectivity index (χ3v) is 6.63. The van der Waals surface area contributed by atoms with Gasteiger partial charge in [-0.05, 0) is 48.4 Å². The number of rotatable bonds is 3. The van der Waals surface area contributed by atoms with Gasteiger partial charge in [-0.1, -0.05) is 18.2 Å². The minimum absolute atomic E-state index is 0.0935. The van der Waals surface area contributed by atoms with E-state index in [0.717, 1.165) is 58.6 Å². The molecule has 2 amide bonds. The highest BCUT2D eigenvalue weighted by Crippen LogP contribution is 2.40. The van der Waals surface area contributed by atoms with Gasteiger partial charge in [-0.3, -0.25) is 14.6 Å². The molecule has 2 aliphatic heterocycles. The monoisotopic (exact) mass is 451 g/mol. The Labute approximate surface area is 197 Å². The van der Waals surface area contributed by atoms with E-state index in [2.05, 4.69) is 32.4 Å². The van der Waals surface area contributed by atoms with Crippen LogP contribution in [0, 0.1) is 0 Å². The molecule has 1 N–H and O–H groups in total. The van der Waals surface area contributed by atoms with Crippen molar-refractivity contribution in [2.24, 2.45) is 12.0 Å². The smallest absolute Gasteiger partial charge is 0.327 e. The number of carbonyl (C=O) groups is 1. The third kappa shape index (κ3) is 3.39. The van der Waals surface area contributed by atoms with Crippen LogP contribution in [0.1, 0.15) is 12.0 Å². The van der Waals surface area contributed by atoms with Crippen molar-refractivity contribution in [3.05, 3.63) is 66.4 Å². The van der Waals surface area contributed by atoms with Gasteiger partial charge in [0.05, 0.1) is 29.1 Å². The Balaban J connectivity index is 1.36. The number of anilines is 3. The molecule has 8 heteroatoms. The zero-order chi connectivity index (χ0) is 23.2. The first kappa shape index (κ1) is 20.4. The van der Waals surface area contributed by atoms with E-state index in [4.69, 9.17) is 4.98 Å². The molecule has 34 heavy (non-hydrogen) atoms. The fourth-order valence-electron chi connectivity index (χ4n) is 4.98. The van der Waals surface area contributed by atoms with Gasteiger partial charge in [-0.25, -0.2) is 9.78 Å². The molecule has 170 valence electrons. The number of hydrogen-bond acceptors (Lipinski definition) is 5. The molecule has 2 aromatic heterocycles. The molecule has 4 aromatic rings. The van der Waals surface area contributed by atoms with Crippen LogP contribution in [0.2, 0.25) is 0 Å². The van der Waals surface area contributed by atoms with Gasteiger partial charge in [0.1, 0.15) is 0 Å². The van der Waals surface area contributed by atoms with Gasteiger partial charge in [0.15, 0.2) is 5.82 Å². The van der Waals surface area contributed by atoms with E-state index in [0.29, 0.717) is 5.82 Å². The molecular weight excluding hydrogens is 426 g/mol. The van der Waals surface area contributed by atoms with Crippen LogP contribution >= 0.6 is 0 Å². The Hall–Kier alpha value is -4.20. The van der Waals surface area contributed by atoms with Crippen LogP contribution in [0.4, 0.5) is 22.0 Å². The maximum atomic E-state index is 13.6. The Morgan fingerprint density at radius 1 is 1.18 bits per heavy atom. The second-order valence-electron chi connectivity index (χ2n) is 8.78. The van der Waals surface area contributed by atoms with Gasteiger partial charge in [0.2, 0.25) is 0 Å². The molecule has 0 aliphatic carbocycles. The van der Waals surface area contributed by atoms with Gasteiger partial charge in [0.25, 0.3) is 0 Å². The van der Waals surface area contributed by atoms with Crippen LogP contribution in [0.25, 0.3) is 22.2 Å². The molecule has 2 aliphatic rings. The standard InChI is InChI=1S/C26H25N7O/c1-27-14-17-4-3-5-18(12-17)22-7-9-24-25(30-22)33(21-10-11-32(24)16-21)26(34)29-20-6-8-23-19(13-20)15-28-31(23)2/h3-9,12-15,21H,10-11,16H2,1-2H3,(H,29,34)/b27-14+/t21-/m0/s1. The number of pyridine rings is 1. The van der Waals surface area contributed by atoms with Crippen LogP contribution in [0.15, 0.2) is 65.8 Å². The molecule has 2 bridgehead atoms. The summed E-state index contributed by atoms with van der Waals surface area (Å²) in [6, 6.07) is 18.0. The number of urea groups is 1. The molecule has 4 heterocycles. The fraction of sp³-hybridized carbons (Fsp3) is 0.231. The van der Waals surface area contributed by atoms with Crippen molar-refractivity contribution < 1.29 is 4.79 Å². The van der Waals surface area contributed by atoms with Gasteiger partial charge < -0.3 is 10.2 Å². The second-order valence-corrected chi connectivity index (χ2v) is 8.78. The lowest BCUT2D eigenvalue weighted by Crippen LogP contribution is -2.48. The number of aromatic nitrogens is 3. The van der Waals surface area contributed by atoms with Crippen molar-refractivity contribution in [1.82, 2.24) is 14.8 Å². The van der Waals surface area contributed by atoms with Gasteiger partial charge in [-0.15, -0.1) is 0 Å². The minimum Gasteiger partial charge on any atom is -0.366 e. The zero-order valence-electron chi connectivity index (χ0n) is 19.1. The Kier molecular flexibility index (Phi) is 4.79. The predicted octanol–water partition coefficient (Wildman–Crippen LogP) is 4.31. The summed E-state index contributed by atoms with van der Waals surface area (Å²) in [6.07, 6.45) is 4.55. The van der Waals surface area contributed by atoms with Crippen LogP contribution in [-0.2, 0) is 7.05 Å². The van der Waals surface area contributed by atoms with Gasteiger partial charge in [-0.2, -0.15) is 5.10 Å². The van der Waals surface area contributed by atoms with Crippen molar-refractivity contribution in [2.75, 3.05) is 35.3 Å². The third-order valence-electron chi connectivity index (χ3n) is 6.63. The second kappa shape index (κ2) is 7.98. The molecule has 0 saturated carbocycles. The number of nitrogens with one attached hydrogen (secondary N) is 1. The molecule has 8 nitrogen and oxygen atoms in total. The van der Waals surface area contributed by atoms with E-state index in [9.17, 15) is 4.79 Å². The number of fused-ring (bicyclic) bond motifs is 5. The summed E-state index contributed by atoms with van der Waals surface area (Å²) in [5, 5.41) is 8.38. The molecule has 0 unspecified atom stereocenters. The molecule has 6 rings (SSSR count). The van der Waals surface area contributed by atoms with E-state index in [1.165, 1.54) is 0 Å². The fourth-order valence-corrected chi connectivity index (χ4v) is 4.98. The van der Waals surface area contributed by atoms with Crippen molar-refractivity contribution in [3.8, 4) is 11.3 Å². The summed E-state index contributed by atoms with van der Waals surface area (Å²) in [5.74, 6) is 0.709. The first-order valence-corrected chi connectivity index (χ1v) is 11.4. The number of nitrogens with zero attached hydrogens (tertiary/aromatic N) is 6. The number of benzene rings is 2. The summed E-state index contributed by atoms with van der Waals surface area (Å²) < 4.78 is 1.82. The SMILES string of the molecule is C/N=C/c1cccc(-c2ccc3c(n2)N(C(=O)Nc2ccc4c(cnn4C)c2)[C@H]2CCN3C2)c1. The van der Waals surface area contributed by atoms with Crippen molar-refractivity contribution in [2.45, 2.75) is 12.5 Å². The summed E-state index contributed by atoms with van der Waals surface area (Å²) in [6.45, 7) is 1.75. The molecule has 1 atom stereocenters. The molecule has 0 spiro atoms. The summed E-state index contributed by atoms with van der Waals surface area (Å²) in [4.78, 5) is 26.8. The van der Waals surface area contributed by atoms with Crippen molar-refractivity contribution in [3.63, 3.8) is 0 Å². The Morgan fingerprint density at radius 3 is 2.97 bits per heavy atom. The van der Waals surface area contributed by atoms with E-state index >= 15 is 0 Å². The van der Waals surface area contributed by atoms with E-state index in [1.807, 2.05) is 65.3 Å². The zero-order valence-corrected chi connectivity index (χ0v) is 19.1. The lowest BCUT2D eigenvalue weighted by Gasteiger charge is -2.36. The lowest BCUT2D eigenvalue weighted by atomic mass is 10.1. The minimum atomic E-state index is -0.160. The highest BCUT2D eigenvalue weighted by atomic mass is 16.2. The van der Waals surface area contributed by atoms with Crippen LogP contribution < -0.4 is 15.1 Å². The maximum Gasteiger partial charge on any atom is 0.327 e. The number of hydrogen-bond donors (Lipinski definition) is 1. The lowest BCUT2D eigenvalue weighted by molar-refractivity contribution is 0.255. The quantitative estimate of drug-likeness (QED) is 0.471. The topological polar surface area (TPSA) is 78.6 Å². The summed E-state index contributed by atoms with van der Waals surface area (Å²) in [7, 11) is 3.67. The van der Waals surface area contributed by atoms with Crippen LogP contribution in [0.3, 0.4) is 0 Å². The number of aryl methyl sites for hydroxylation is 1. The maximum absolute atomic E-state index is 13.6. The molecule has 0 radical (unpaired) electrons. The van der Waals surface area contributed by atoms with E-state index in [-0.39, 0.29) is 12.1 Å². The average molecular weight is 452 g/mol. The number of carbonyl (C=O) groups excluding carboxylic acids is 1. The molecular formula is C26H25N7O. The average Bonchev–Trinajstić information content (AvgIpc) is 3.43. The van der Waals surface area contributed by atoms with Crippen molar-refractivity contribution >= 4 is 40.3 Å². The highest BCUT2D eigenvalue weighted by Gasteiger charge is 2.40. The molecule has 1 saturated heterocycles. The molecule has 2 aromatic carbocycles.